The van der Waals surface area contributed by atoms with E-state index in [1.807, 2.05) is 13.0 Å². The topological polar surface area (TPSA) is 99.2 Å². The fourth-order valence-corrected chi connectivity index (χ4v) is 6.04. The molecule has 3 amide bonds. The second-order valence-corrected chi connectivity index (χ2v) is 14.0. The first-order chi connectivity index (χ1) is 17.4. The molecule has 4 rings (SSSR count). The maximum atomic E-state index is 14.8. The van der Waals surface area contributed by atoms with Crippen LogP contribution in [0.15, 0.2) is 35.2 Å². The molecule has 0 radical (unpaired) electrons. The molecule has 2 N–H and O–H groups in total. The van der Waals surface area contributed by atoms with Crippen LogP contribution in [0.1, 0.15) is 24.1 Å². The number of halogens is 2. The highest BCUT2D eigenvalue weighted by atomic mass is 32.3. The predicted octanol–water partition coefficient (Wildman–Crippen LogP) is 4.09. The number of benzene rings is 2. The number of rotatable bonds is 6. The summed E-state index contributed by atoms with van der Waals surface area (Å²) in [5.41, 5.74) is 1.35. The number of carbonyl (C=O) groups excluding carboxylic acids is 2. The molecule has 8 nitrogen and oxygen atoms in total. The fourth-order valence-electron chi connectivity index (χ4n) is 4.75. The lowest BCUT2D eigenvalue weighted by molar-refractivity contribution is -0.146. The van der Waals surface area contributed by atoms with Crippen molar-refractivity contribution >= 4 is 33.6 Å². The van der Waals surface area contributed by atoms with Crippen LogP contribution < -0.4 is 10.1 Å². The molecule has 37 heavy (non-hydrogen) atoms. The van der Waals surface area contributed by atoms with Crippen LogP contribution in [0.4, 0.5) is 19.3 Å². The smallest absolute Gasteiger partial charge is 0.321 e. The van der Waals surface area contributed by atoms with Crippen LogP contribution in [0.2, 0.25) is 0 Å². The number of likely N-dealkylation sites (tertiary alicyclic amines) is 1. The first-order valence-electron chi connectivity index (χ1n) is 11.9. The standard InChI is InChI=1S/C26H31F2N3O5S/c1-5-36-18-6-7-19-15(10-18)8-9-31(26(35)30-13-16(14-30)25(33)34)22(19)24(32)29-17-11-20(27)23(21(28)12-17)37(2,3)4/h6-7,10-12,16,22H,5,8-9,13-14H2,1-4H3,(H,29,32)(H,33,34)/t22-/m1/s1. The molecule has 1 fully saturated rings. The second-order valence-electron chi connectivity index (χ2n) is 9.96. The molecule has 11 heteroatoms. The van der Waals surface area contributed by atoms with Gasteiger partial charge < -0.3 is 25.0 Å². The summed E-state index contributed by atoms with van der Waals surface area (Å²) in [4.78, 5) is 40.8. The number of ether oxygens (including phenoxy) is 1. The Hall–Kier alpha value is -3.34. The number of carboxylic acids is 1. The summed E-state index contributed by atoms with van der Waals surface area (Å²) in [6.07, 6.45) is 5.79. The summed E-state index contributed by atoms with van der Waals surface area (Å²) in [6, 6.07) is 5.90. The van der Waals surface area contributed by atoms with Crippen LogP contribution in [-0.4, -0.2) is 77.8 Å². The molecule has 1 atom stereocenters. The maximum Gasteiger partial charge on any atom is 0.321 e. The van der Waals surface area contributed by atoms with Gasteiger partial charge in [0.05, 0.1) is 17.4 Å². The van der Waals surface area contributed by atoms with Crippen LogP contribution >= 0.6 is 10.0 Å². The lowest BCUT2D eigenvalue weighted by Gasteiger charge is -2.44. The number of anilines is 1. The van der Waals surface area contributed by atoms with Gasteiger partial charge in [0.1, 0.15) is 23.4 Å². The van der Waals surface area contributed by atoms with Gasteiger partial charge >= 0.3 is 12.0 Å². The Labute approximate surface area is 215 Å². The Kier molecular flexibility index (Phi) is 7.36. The molecule has 2 heterocycles. The van der Waals surface area contributed by atoms with Gasteiger partial charge in [-0.2, -0.15) is 0 Å². The van der Waals surface area contributed by atoms with Gasteiger partial charge in [-0.05, 0) is 67.5 Å². The highest BCUT2D eigenvalue weighted by Gasteiger charge is 2.43. The largest absolute Gasteiger partial charge is 0.494 e. The molecule has 2 aromatic carbocycles. The summed E-state index contributed by atoms with van der Waals surface area (Å²) in [5, 5.41) is 11.8. The van der Waals surface area contributed by atoms with E-state index in [1.54, 1.807) is 30.9 Å². The van der Waals surface area contributed by atoms with Gasteiger partial charge in [-0.25, -0.2) is 23.6 Å². The molecule has 0 aromatic heterocycles. The third kappa shape index (κ3) is 5.36. The van der Waals surface area contributed by atoms with Gasteiger partial charge in [0.15, 0.2) is 0 Å². The average molecular weight is 536 g/mol. The third-order valence-electron chi connectivity index (χ3n) is 6.53. The van der Waals surface area contributed by atoms with Crippen LogP contribution in [0, 0.1) is 17.6 Å². The minimum atomic E-state index is -1.69. The molecule has 0 aliphatic carbocycles. The number of fused-ring (bicyclic) bond motifs is 1. The summed E-state index contributed by atoms with van der Waals surface area (Å²) in [6.45, 7) is 2.65. The first-order valence-corrected chi connectivity index (χ1v) is 14.8. The monoisotopic (exact) mass is 535 g/mol. The van der Waals surface area contributed by atoms with Crippen molar-refractivity contribution in [1.29, 1.82) is 0 Å². The number of amides is 3. The van der Waals surface area contributed by atoms with E-state index in [0.29, 0.717) is 24.3 Å². The molecule has 2 aliphatic rings. The number of carbonyl (C=O) groups is 3. The summed E-state index contributed by atoms with van der Waals surface area (Å²) in [5.74, 6) is -3.08. The minimum absolute atomic E-state index is 0.000429. The molecule has 0 saturated carbocycles. The average Bonchev–Trinajstić information content (AvgIpc) is 2.75. The molecule has 200 valence electrons. The van der Waals surface area contributed by atoms with Crippen molar-refractivity contribution in [2.24, 2.45) is 5.92 Å². The van der Waals surface area contributed by atoms with E-state index < -0.39 is 51.5 Å². The van der Waals surface area contributed by atoms with E-state index in [4.69, 9.17) is 4.74 Å². The number of urea groups is 1. The normalized spacial score (nSPS) is 18.1. The summed E-state index contributed by atoms with van der Waals surface area (Å²) >= 11 is 0. The van der Waals surface area contributed by atoms with E-state index in [-0.39, 0.29) is 30.2 Å². The molecular weight excluding hydrogens is 504 g/mol. The molecular formula is C26H31F2N3O5S. The lowest BCUT2D eigenvalue weighted by Crippen LogP contribution is -2.59. The minimum Gasteiger partial charge on any atom is -0.494 e. The van der Waals surface area contributed by atoms with Crippen molar-refractivity contribution in [2.45, 2.75) is 24.3 Å². The Balaban J connectivity index is 1.65. The van der Waals surface area contributed by atoms with Gasteiger partial charge in [0, 0.05) is 25.3 Å². The van der Waals surface area contributed by atoms with Gasteiger partial charge in [-0.3, -0.25) is 9.59 Å². The van der Waals surface area contributed by atoms with Crippen LogP contribution in [0.5, 0.6) is 5.75 Å². The summed E-state index contributed by atoms with van der Waals surface area (Å²) < 4.78 is 35.2. The molecule has 0 spiro atoms. The molecule has 1 saturated heterocycles. The van der Waals surface area contributed by atoms with Crippen molar-refractivity contribution in [2.75, 3.05) is 50.3 Å². The van der Waals surface area contributed by atoms with Crippen molar-refractivity contribution in [3.63, 3.8) is 0 Å². The molecule has 2 aliphatic heterocycles. The van der Waals surface area contributed by atoms with Crippen LogP contribution in [-0.2, 0) is 16.0 Å². The Bertz CT molecular complexity index is 1220. The van der Waals surface area contributed by atoms with Crippen LogP contribution in [0.3, 0.4) is 0 Å². The number of hydrogen-bond donors (Lipinski definition) is 2. The third-order valence-corrected chi connectivity index (χ3v) is 8.14. The van der Waals surface area contributed by atoms with Gasteiger partial charge in [-0.1, -0.05) is 6.07 Å². The number of nitrogens with zero attached hydrogens (tertiary/aromatic N) is 2. The van der Waals surface area contributed by atoms with Gasteiger partial charge in [-0.15, -0.1) is 0 Å². The lowest BCUT2D eigenvalue weighted by atomic mass is 9.91. The van der Waals surface area contributed by atoms with Crippen molar-refractivity contribution in [1.82, 2.24) is 9.80 Å². The highest BCUT2D eigenvalue weighted by Crippen LogP contribution is 2.48. The van der Waals surface area contributed by atoms with E-state index in [0.717, 1.165) is 17.7 Å². The Morgan fingerprint density at radius 3 is 2.32 bits per heavy atom. The zero-order valence-corrected chi connectivity index (χ0v) is 22.0. The predicted molar refractivity (Wildman–Crippen MR) is 137 cm³/mol. The highest BCUT2D eigenvalue weighted by molar-refractivity contribution is 8.32. The molecule has 0 bridgehead atoms. The van der Waals surface area contributed by atoms with Crippen molar-refractivity contribution in [3.05, 3.63) is 53.1 Å². The Morgan fingerprint density at radius 1 is 1.11 bits per heavy atom. The van der Waals surface area contributed by atoms with E-state index in [1.165, 1.54) is 9.80 Å². The number of aliphatic carboxylic acids is 1. The second kappa shape index (κ2) is 10.2. The Morgan fingerprint density at radius 2 is 1.76 bits per heavy atom. The van der Waals surface area contributed by atoms with Gasteiger partial charge in [0.2, 0.25) is 0 Å². The quantitative estimate of drug-likeness (QED) is 0.581. The van der Waals surface area contributed by atoms with E-state index in [9.17, 15) is 28.3 Å². The SMILES string of the molecule is CCOc1ccc2c(c1)CCN(C(=O)N1CC(C(=O)O)C1)[C@H]2C(=O)Nc1cc(F)c(S(C)(C)C)c(F)c1. The van der Waals surface area contributed by atoms with Crippen LogP contribution in [0.25, 0.3) is 0 Å². The summed E-state index contributed by atoms with van der Waals surface area (Å²) in [7, 11) is -1.69. The van der Waals surface area contributed by atoms with Gasteiger partial charge in [0.25, 0.3) is 5.91 Å². The number of hydrogen-bond acceptors (Lipinski definition) is 4. The zero-order chi connectivity index (χ0) is 27.1. The first kappa shape index (κ1) is 26.7. The fraction of sp³-hybridized carbons (Fsp3) is 0.423. The maximum absolute atomic E-state index is 14.8. The molecule has 2 aromatic rings. The van der Waals surface area contributed by atoms with E-state index in [2.05, 4.69) is 5.32 Å². The molecule has 0 unspecified atom stereocenters. The zero-order valence-electron chi connectivity index (χ0n) is 21.2. The van der Waals surface area contributed by atoms with Crippen molar-refractivity contribution in [3.8, 4) is 5.75 Å². The number of carboxylic acid groups (broad SMARTS) is 1. The van der Waals surface area contributed by atoms with Crippen molar-refractivity contribution < 1.29 is 33.0 Å². The van der Waals surface area contributed by atoms with E-state index >= 15 is 0 Å². The number of nitrogens with one attached hydrogen (secondary N) is 1.